The summed E-state index contributed by atoms with van der Waals surface area (Å²) in [4.78, 5) is 10.7. The van der Waals surface area contributed by atoms with Gasteiger partial charge in [0.05, 0.1) is 0 Å². The summed E-state index contributed by atoms with van der Waals surface area (Å²) >= 11 is 1.32. The maximum atomic E-state index is 10.7. The van der Waals surface area contributed by atoms with Gasteiger partial charge in [-0.25, -0.2) is 0 Å². The highest BCUT2D eigenvalue weighted by Crippen LogP contribution is 2.05. The molecule has 0 saturated heterocycles. The van der Waals surface area contributed by atoms with E-state index in [0.717, 1.165) is 24.2 Å². The van der Waals surface area contributed by atoms with E-state index in [1.165, 1.54) is 17.3 Å². The second-order valence-corrected chi connectivity index (χ2v) is 4.90. The Hall–Kier alpha value is -1.24. The van der Waals surface area contributed by atoms with Gasteiger partial charge < -0.3 is 5.73 Å². The van der Waals surface area contributed by atoms with Gasteiger partial charge in [-0.3, -0.25) is 4.79 Å². The first-order valence-electron chi connectivity index (χ1n) is 5.63. The van der Waals surface area contributed by atoms with Crippen LogP contribution in [0.5, 0.6) is 0 Å². The molecule has 1 aromatic carbocycles. The second kappa shape index (κ2) is 7.94. The summed E-state index contributed by atoms with van der Waals surface area (Å²) in [6.45, 7) is 2.24. The Labute approximate surface area is 107 Å². The molecule has 3 heteroatoms. The van der Waals surface area contributed by atoms with Crippen LogP contribution in [0, 0.1) is 11.8 Å². The topological polar surface area (TPSA) is 43.1 Å². The third-order valence-electron chi connectivity index (χ3n) is 2.13. The van der Waals surface area contributed by atoms with E-state index in [-0.39, 0.29) is 5.12 Å². The van der Waals surface area contributed by atoms with E-state index in [0.29, 0.717) is 6.54 Å². The van der Waals surface area contributed by atoms with Crippen molar-refractivity contribution in [2.75, 3.05) is 12.3 Å². The van der Waals surface area contributed by atoms with Crippen molar-refractivity contribution in [2.45, 2.75) is 19.8 Å². The van der Waals surface area contributed by atoms with Gasteiger partial charge in [-0.15, -0.1) is 0 Å². The molecule has 90 valence electrons. The van der Waals surface area contributed by atoms with Crippen molar-refractivity contribution in [1.82, 2.24) is 0 Å². The number of nitrogens with two attached hydrogens (primary N) is 1. The van der Waals surface area contributed by atoms with Gasteiger partial charge in [0.1, 0.15) is 0 Å². The number of thioether (sulfide) groups is 1. The van der Waals surface area contributed by atoms with Crippen LogP contribution in [-0.4, -0.2) is 17.4 Å². The summed E-state index contributed by atoms with van der Waals surface area (Å²) in [5.41, 5.74) is 7.75. The zero-order chi connectivity index (χ0) is 12.5. The molecule has 0 fully saturated rings. The molecule has 0 aliphatic rings. The molecule has 0 unspecified atom stereocenters. The summed E-state index contributed by atoms with van der Waals surface area (Å²) in [5, 5.41) is 0.150. The maximum absolute atomic E-state index is 10.7. The molecule has 0 amide bonds. The predicted octanol–water partition coefficient (Wildman–Crippen LogP) is 2.21. The first-order chi connectivity index (χ1) is 8.22. The number of benzene rings is 1. The second-order valence-electron chi connectivity index (χ2n) is 3.63. The third-order valence-corrected chi connectivity index (χ3v) is 2.94. The van der Waals surface area contributed by atoms with E-state index in [4.69, 9.17) is 5.73 Å². The molecule has 17 heavy (non-hydrogen) atoms. The summed E-state index contributed by atoms with van der Waals surface area (Å²) in [6, 6.07) is 8.12. The summed E-state index contributed by atoms with van der Waals surface area (Å²) in [7, 11) is 0. The molecule has 0 spiro atoms. The van der Waals surface area contributed by atoms with Crippen molar-refractivity contribution in [2.24, 2.45) is 5.73 Å². The molecule has 1 aromatic rings. The highest BCUT2D eigenvalue weighted by molar-refractivity contribution is 8.13. The Balaban J connectivity index is 2.47. The van der Waals surface area contributed by atoms with Crippen molar-refractivity contribution in [3.8, 4) is 11.8 Å². The number of carbonyl (C=O) groups is 1. The Bertz CT molecular complexity index is 431. The van der Waals surface area contributed by atoms with Crippen molar-refractivity contribution in [1.29, 1.82) is 0 Å². The van der Waals surface area contributed by atoms with Gasteiger partial charge in [-0.1, -0.05) is 35.7 Å². The van der Waals surface area contributed by atoms with Crippen LogP contribution in [0.25, 0.3) is 0 Å². The van der Waals surface area contributed by atoms with Gasteiger partial charge in [0.25, 0.3) is 0 Å². The largest absolute Gasteiger partial charge is 0.330 e. The fourth-order valence-electron chi connectivity index (χ4n) is 1.38. The van der Waals surface area contributed by atoms with Crippen LogP contribution < -0.4 is 5.73 Å². The van der Waals surface area contributed by atoms with Gasteiger partial charge in [-0.2, -0.15) is 0 Å². The first-order valence-corrected chi connectivity index (χ1v) is 6.62. The van der Waals surface area contributed by atoms with E-state index in [9.17, 15) is 4.79 Å². The Morgan fingerprint density at radius 2 is 2.29 bits per heavy atom. The molecular formula is C14H17NOS. The smallest absolute Gasteiger partial charge is 0.185 e. The van der Waals surface area contributed by atoms with Crippen LogP contribution in [0.2, 0.25) is 0 Å². The minimum atomic E-state index is 0.150. The lowest BCUT2D eigenvalue weighted by atomic mass is 10.1. The highest BCUT2D eigenvalue weighted by atomic mass is 32.2. The minimum Gasteiger partial charge on any atom is -0.330 e. The van der Waals surface area contributed by atoms with E-state index in [1.54, 1.807) is 6.92 Å². The lowest BCUT2D eigenvalue weighted by molar-refractivity contribution is -0.109. The number of hydrogen-bond donors (Lipinski definition) is 1. The molecule has 0 aliphatic heterocycles. The molecule has 0 heterocycles. The van der Waals surface area contributed by atoms with E-state index < -0.39 is 0 Å². The zero-order valence-corrected chi connectivity index (χ0v) is 10.8. The molecule has 0 aromatic heterocycles. The average Bonchev–Trinajstić information content (AvgIpc) is 2.29. The molecule has 2 N–H and O–H groups in total. The minimum absolute atomic E-state index is 0.150. The summed E-state index contributed by atoms with van der Waals surface area (Å²) < 4.78 is 0. The molecule has 0 aliphatic carbocycles. The van der Waals surface area contributed by atoms with Crippen LogP contribution in [0.1, 0.15) is 24.5 Å². The standard InChI is InChI=1S/C14H17NOS/c1-12(16)17-10-3-2-5-13-6-4-7-14(11-13)8-9-15/h4,6-7,11H,3,8-10,15H2,1H3. The van der Waals surface area contributed by atoms with Crippen LogP contribution in [0.15, 0.2) is 24.3 Å². The quantitative estimate of drug-likeness (QED) is 0.655. The van der Waals surface area contributed by atoms with Crippen molar-refractivity contribution in [3.05, 3.63) is 35.4 Å². The van der Waals surface area contributed by atoms with E-state index in [2.05, 4.69) is 24.0 Å². The van der Waals surface area contributed by atoms with Gasteiger partial charge in [0, 0.05) is 24.7 Å². The lowest BCUT2D eigenvalue weighted by Gasteiger charge is -1.98. The van der Waals surface area contributed by atoms with Crippen LogP contribution in [0.4, 0.5) is 0 Å². The summed E-state index contributed by atoms with van der Waals surface area (Å²) in [5.74, 6) is 6.94. The number of rotatable bonds is 4. The monoisotopic (exact) mass is 247 g/mol. The lowest BCUT2D eigenvalue weighted by Crippen LogP contribution is -2.02. The van der Waals surface area contributed by atoms with Crippen molar-refractivity contribution >= 4 is 16.9 Å². The molecule has 0 atom stereocenters. The van der Waals surface area contributed by atoms with Crippen molar-refractivity contribution < 1.29 is 4.79 Å². The number of hydrogen-bond acceptors (Lipinski definition) is 3. The molecule has 0 radical (unpaired) electrons. The molecule has 2 nitrogen and oxygen atoms in total. The van der Waals surface area contributed by atoms with Gasteiger partial charge in [-0.05, 0) is 30.7 Å². The fourth-order valence-corrected chi connectivity index (χ4v) is 1.87. The Morgan fingerprint density at radius 1 is 1.47 bits per heavy atom. The predicted molar refractivity (Wildman–Crippen MR) is 73.8 cm³/mol. The molecule has 0 saturated carbocycles. The van der Waals surface area contributed by atoms with Crippen LogP contribution in [0.3, 0.4) is 0 Å². The maximum Gasteiger partial charge on any atom is 0.185 e. The van der Waals surface area contributed by atoms with Gasteiger partial charge in [0.2, 0.25) is 0 Å². The molecule has 0 bridgehead atoms. The van der Waals surface area contributed by atoms with E-state index >= 15 is 0 Å². The Morgan fingerprint density at radius 3 is 3.00 bits per heavy atom. The Kier molecular flexibility index (Phi) is 6.46. The summed E-state index contributed by atoms with van der Waals surface area (Å²) in [6.07, 6.45) is 1.63. The fraction of sp³-hybridized carbons (Fsp3) is 0.357. The first kappa shape index (κ1) is 13.8. The normalized spacial score (nSPS) is 9.53. The average molecular weight is 247 g/mol. The SMILES string of the molecule is CC(=O)SCCC#Cc1cccc(CCN)c1. The van der Waals surface area contributed by atoms with Gasteiger partial charge in [0.15, 0.2) is 5.12 Å². The van der Waals surface area contributed by atoms with Crippen molar-refractivity contribution in [3.63, 3.8) is 0 Å². The van der Waals surface area contributed by atoms with Crippen LogP contribution in [-0.2, 0) is 11.2 Å². The van der Waals surface area contributed by atoms with Gasteiger partial charge >= 0.3 is 0 Å². The highest BCUT2D eigenvalue weighted by Gasteiger charge is 1.93. The number of carbonyl (C=O) groups excluding carboxylic acids is 1. The molecular weight excluding hydrogens is 230 g/mol. The van der Waals surface area contributed by atoms with E-state index in [1.807, 2.05) is 12.1 Å². The van der Waals surface area contributed by atoms with Crippen LogP contribution >= 0.6 is 11.8 Å². The zero-order valence-electron chi connectivity index (χ0n) is 10.0. The third kappa shape index (κ3) is 6.15. The molecule has 1 rings (SSSR count).